The highest BCUT2D eigenvalue weighted by molar-refractivity contribution is 7.52. The minimum absolute atomic E-state index is 0.142. The van der Waals surface area contributed by atoms with E-state index in [1.165, 1.54) is 9.80 Å². The molecule has 0 bridgehead atoms. The maximum absolute atomic E-state index is 12.3. The number of carbonyl (C=O) groups is 2. The van der Waals surface area contributed by atoms with Crippen LogP contribution in [0.5, 0.6) is 0 Å². The third-order valence-corrected chi connectivity index (χ3v) is 5.60. The van der Waals surface area contributed by atoms with Crippen LogP contribution in [0.25, 0.3) is 0 Å². The Morgan fingerprint density at radius 1 is 0.733 bits per heavy atom. The van der Waals surface area contributed by atoms with Crippen molar-refractivity contribution in [3.8, 4) is 0 Å². The maximum Gasteiger partial charge on any atom is 0.327 e. The first-order valence-electron chi connectivity index (χ1n) is 8.99. The molecule has 0 spiro atoms. The summed E-state index contributed by atoms with van der Waals surface area (Å²) in [4.78, 5) is 62.7. The van der Waals surface area contributed by atoms with Gasteiger partial charge in [-0.15, -0.1) is 0 Å². The summed E-state index contributed by atoms with van der Waals surface area (Å²) in [5.74, 6) is -0.726. The third kappa shape index (κ3) is 10.6. The first-order chi connectivity index (χ1) is 13.8. The molecule has 1 aliphatic heterocycles. The maximum atomic E-state index is 12.3. The van der Waals surface area contributed by atoms with Gasteiger partial charge in [-0.05, 0) is 0 Å². The second-order valence-electron chi connectivity index (χ2n) is 6.67. The molecular formula is C16H28N2O10P2. The van der Waals surface area contributed by atoms with Crippen LogP contribution in [0.4, 0.5) is 0 Å². The average Bonchev–Trinajstić information content (AvgIpc) is 2.65. The van der Waals surface area contributed by atoms with Gasteiger partial charge in [-0.3, -0.25) is 18.7 Å². The van der Waals surface area contributed by atoms with E-state index in [0.717, 1.165) is 0 Å². The zero-order valence-corrected chi connectivity index (χ0v) is 18.3. The summed E-state index contributed by atoms with van der Waals surface area (Å²) in [7, 11) is -8.31. The van der Waals surface area contributed by atoms with Gasteiger partial charge in [0.1, 0.15) is 0 Å². The van der Waals surface area contributed by atoms with E-state index in [2.05, 4.69) is 13.2 Å². The second-order valence-corrected chi connectivity index (χ2v) is 10.2. The van der Waals surface area contributed by atoms with Crippen LogP contribution in [0.15, 0.2) is 24.3 Å². The molecule has 0 saturated carbocycles. The molecule has 0 aromatic carbocycles. The van der Waals surface area contributed by atoms with Crippen molar-refractivity contribution in [2.24, 2.45) is 0 Å². The Balaban J connectivity index is 2.33. The normalized spacial score (nSPS) is 15.2. The van der Waals surface area contributed by atoms with Crippen molar-refractivity contribution >= 4 is 27.0 Å². The van der Waals surface area contributed by atoms with Gasteiger partial charge in [0.15, 0.2) is 0 Å². The third-order valence-electron chi connectivity index (χ3n) is 4.07. The van der Waals surface area contributed by atoms with E-state index < -0.39 is 27.5 Å². The lowest BCUT2D eigenvalue weighted by atomic mass is 10.2. The number of piperazine rings is 1. The predicted molar refractivity (Wildman–Crippen MR) is 107 cm³/mol. The zero-order valence-electron chi connectivity index (χ0n) is 16.5. The zero-order chi connectivity index (χ0) is 22.9. The van der Waals surface area contributed by atoms with Gasteiger partial charge in [0.05, 0.1) is 38.8 Å². The van der Waals surface area contributed by atoms with E-state index in [9.17, 15) is 18.7 Å². The number of nitrogens with zero attached hydrogens (tertiary/aromatic N) is 2. The molecule has 4 N–H and O–H groups in total. The Kier molecular flexibility index (Phi) is 10.6. The van der Waals surface area contributed by atoms with Crippen LogP contribution in [0, 0.1) is 0 Å². The first kappa shape index (κ1) is 26.7. The molecule has 30 heavy (non-hydrogen) atoms. The van der Waals surface area contributed by atoms with E-state index in [1.807, 2.05) is 0 Å². The molecule has 0 atom stereocenters. The second kappa shape index (κ2) is 11.9. The Morgan fingerprint density at radius 3 is 1.30 bits per heavy atom. The molecule has 0 aliphatic carbocycles. The van der Waals surface area contributed by atoms with Crippen molar-refractivity contribution in [1.82, 2.24) is 9.80 Å². The fraction of sp³-hybridized carbons (Fsp3) is 0.625. The lowest BCUT2D eigenvalue weighted by Crippen LogP contribution is -2.51. The Hall–Kier alpha value is -1.36. The molecule has 1 saturated heterocycles. The summed E-state index contributed by atoms with van der Waals surface area (Å²) in [6, 6.07) is 0. The number of hydrogen-bond donors (Lipinski definition) is 4. The molecule has 1 fully saturated rings. The molecule has 1 aliphatic rings. The minimum Gasteiger partial charge on any atom is -0.376 e. The molecule has 0 aromatic rings. The van der Waals surface area contributed by atoms with E-state index in [0.29, 0.717) is 0 Å². The molecule has 2 amide bonds. The van der Waals surface area contributed by atoms with E-state index in [1.54, 1.807) is 0 Å². The standard InChI is InChI=1S/C16H28N2O10P2/c1-13(11-27-7-9-29(21,22)23)15(19)17-3-5-18(6-4-17)16(20)14(2)12-28-8-10-30(24,25)26/h1-12H2,(H2,21,22,23)(H2,24,25,26). The van der Waals surface area contributed by atoms with Crippen LogP contribution in [-0.4, -0.2) is 106 Å². The summed E-state index contributed by atoms with van der Waals surface area (Å²) in [6.07, 6.45) is -0.885. The number of amides is 2. The van der Waals surface area contributed by atoms with Gasteiger partial charge in [-0.25, -0.2) is 0 Å². The van der Waals surface area contributed by atoms with Crippen LogP contribution < -0.4 is 0 Å². The van der Waals surface area contributed by atoms with Gasteiger partial charge in [-0.1, -0.05) is 13.2 Å². The smallest absolute Gasteiger partial charge is 0.327 e. The van der Waals surface area contributed by atoms with Crippen molar-refractivity contribution in [3.05, 3.63) is 24.3 Å². The molecule has 172 valence electrons. The van der Waals surface area contributed by atoms with Crippen LogP contribution in [0.1, 0.15) is 0 Å². The van der Waals surface area contributed by atoms with Crippen molar-refractivity contribution in [2.75, 3.05) is 64.9 Å². The fourth-order valence-electron chi connectivity index (χ4n) is 2.44. The lowest BCUT2D eigenvalue weighted by molar-refractivity contribution is -0.135. The van der Waals surface area contributed by atoms with Crippen molar-refractivity contribution in [2.45, 2.75) is 0 Å². The summed E-state index contributed by atoms with van der Waals surface area (Å²) in [5.41, 5.74) is 0.284. The Bertz CT molecular complexity index is 674. The largest absolute Gasteiger partial charge is 0.376 e. The highest BCUT2D eigenvalue weighted by atomic mass is 31.2. The van der Waals surface area contributed by atoms with E-state index in [4.69, 9.17) is 29.0 Å². The summed E-state index contributed by atoms with van der Waals surface area (Å²) in [5, 5.41) is 0. The average molecular weight is 470 g/mol. The van der Waals surface area contributed by atoms with Gasteiger partial charge < -0.3 is 38.8 Å². The Labute approximate surface area is 174 Å². The van der Waals surface area contributed by atoms with E-state index >= 15 is 0 Å². The summed E-state index contributed by atoms with van der Waals surface area (Å²) >= 11 is 0. The predicted octanol–water partition coefficient (Wildman–Crippen LogP) is -0.842. The number of hydrogen-bond acceptors (Lipinski definition) is 6. The minimum atomic E-state index is -4.16. The van der Waals surface area contributed by atoms with Crippen molar-refractivity contribution < 1.29 is 47.8 Å². The molecule has 14 heteroatoms. The molecular weight excluding hydrogens is 442 g/mol. The van der Waals surface area contributed by atoms with Crippen molar-refractivity contribution in [3.63, 3.8) is 0 Å². The van der Waals surface area contributed by atoms with Crippen LogP contribution >= 0.6 is 15.2 Å². The monoisotopic (exact) mass is 470 g/mol. The fourth-order valence-corrected chi connectivity index (χ4v) is 3.17. The molecule has 1 heterocycles. The van der Waals surface area contributed by atoms with Gasteiger partial charge in [-0.2, -0.15) is 0 Å². The molecule has 1 rings (SSSR count). The SMILES string of the molecule is C=C(COCCP(=O)(O)O)C(=O)N1CCN(C(=O)C(=C)COCCP(=O)(O)O)CC1. The van der Waals surface area contributed by atoms with Crippen molar-refractivity contribution in [1.29, 1.82) is 0 Å². The quantitative estimate of drug-likeness (QED) is 0.160. The number of ether oxygens (including phenoxy) is 2. The van der Waals surface area contributed by atoms with Gasteiger partial charge >= 0.3 is 15.2 Å². The summed E-state index contributed by atoms with van der Waals surface area (Å²) < 4.78 is 31.6. The first-order valence-corrected chi connectivity index (χ1v) is 12.6. The van der Waals surface area contributed by atoms with E-state index in [-0.39, 0.29) is 75.6 Å². The topological polar surface area (TPSA) is 174 Å². The number of rotatable bonds is 12. The lowest BCUT2D eigenvalue weighted by Gasteiger charge is -2.35. The molecule has 0 unspecified atom stereocenters. The van der Waals surface area contributed by atoms with Gasteiger partial charge in [0.2, 0.25) is 0 Å². The molecule has 12 nitrogen and oxygen atoms in total. The highest BCUT2D eigenvalue weighted by Gasteiger charge is 2.26. The Morgan fingerprint density at radius 2 is 1.03 bits per heavy atom. The van der Waals surface area contributed by atoms with Crippen LogP contribution in [-0.2, 0) is 28.2 Å². The van der Waals surface area contributed by atoms with Crippen LogP contribution in [0.2, 0.25) is 0 Å². The molecule has 0 radical (unpaired) electrons. The van der Waals surface area contributed by atoms with Crippen LogP contribution in [0.3, 0.4) is 0 Å². The van der Waals surface area contributed by atoms with Gasteiger partial charge in [0, 0.05) is 37.3 Å². The molecule has 0 aromatic heterocycles. The number of carbonyl (C=O) groups excluding carboxylic acids is 2. The van der Waals surface area contributed by atoms with Gasteiger partial charge in [0.25, 0.3) is 11.8 Å². The summed E-state index contributed by atoms with van der Waals surface area (Å²) in [6.45, 7) is 7.61. The highest BCUT2D eigenvalue weighted by Crippen LogP contribution is 2.33.